The van der Waals surface area contributed by atoms with E-state index in [1.165, 1.54) is 4.31 Å². The molecule has 1 saturated heterocycles. The average Bonchev–Trinajstić information content (AvgIpc) is 2.82. The van der Waals surface area contributed by atoms with Crippen LogP contribution in [0, 0.1) is 12.8 Å². The van der Waals surface area contributed by atoms with Crippen LogP contribution in [0.5, 0.6) is 0 Å². The average molecular weight is 315 g/mol. The maximum absolute atomic E-state index is 12.6. The van der Waals surface area contributed by atoms with Gasteiger partial charge < -0.3 is 10.6 Å². The van der Waals surface area contributed by atoms with Crippen LogP contribution in [0.15, 0.2) is 5.03 Å². The third-order valence-electron chi connectivity index (χ3n) is 4.25. The van der Waals surface area contributed by atoms with Crippen molar-refractivity contribution in [1.29, 1.82) is 0 Å². The quantitative estimate of drug-likeness (QED) is 0.806. The summed E-state index contributed by atoms with van der Waals surface area (Å²) in [6.07, 6.45) is 2.05. The number of aromatic amines is 1. The van der Waals surface area contributed by atoms with Gasteiger partial charge in [-0.2, -0.15) is 9.40 Å². The lowest BCUT2D eigenvalue weighted by molar-refractivity contribution is 0.202. The number of rotatable bonds is 5. The summed E-state index contributed by atoms with van der Waals surface area (Å²) in [5, 5.41) is 6.73. The van der Waals surface area contributed by atoms with E-state index in [4.69, 9.17) is 5.73 Å². The molecule has 0 bridgehead atoms. The third-order valence-corrected chi connectivity index (χ3v) is 6.04. The number of H-pyrrole nitrogens is 1. The molecule has 0 amide bonds. The minimum Gasteiger partial charge on any atom is -0.326 e. The van der Waals surface area contributed by atoms with Crippen LogP contribution >= 0.6 is 0 Å². The molecule has 120 valence electrons. The highest BCUT2D eigenvalue weighted by Crippen LogP contribution is 2.23. The number of sulfonamides is 1. The molecule has 0 spiro atoms. The second-order valence-corrected chi connectivity index (χ2v) is 7.83. The number of nitrogens with one attached hydrogen (secondary N) is 1. The highest BCUT2D eigenvalue weighted by molar-refractivity contribution is 7.89. The van der Waals surface area contributed by atoms with E-state index in [0.717, 1.165) is 25.9 Å². The zero-order valence-electron chi connectivity index (χ0n) is 13.0. The van der Waals surface area contributed by atoms with E-state index in [1.807, 2.05) is 0 Å². The molecule has 1 aliphatic rings. The molecule has 0 atom stereocenters. The molecular weight excluding hydrogens is 290 g/mol. The van der Waals surface area contributed by atoms with Gasteiger partial charge in [0.25, 0.3) is 10.0 Å². The van der Waals surface area contributed by atoms with Gasteiger partial charge in [-0.05, 0) is 45.8 Å². The van der Waals surface area contributed by atoms with Gasteiger partial charge in [-0.3, -0.25) is 5.10 Å². The van der Waals surface area contributed by atoms with Crippen LogP contribution in [0.3, 0.4) is 0 Å². The summed E-state index contributed by atoms with van der Waals surface area (Å²) < 4.78 is 26.7. The third kappa shape index (κ3) is 3.45. The van der Waals surface area contributed by atoms with Gasteiger partial charge in [0.1, 0.15) is 0 Å². The molecule has 2 rings (SSSR count). The molecule has 0 unspecified atom stereocenters. The number of nitrogens with two attached hydrogens (primary N) is 1. The molecule has 0 aromatic carbocycles. The van der Waals surface area contributed by atoms with Crippen LogP contribution in [-0.4, -0.2) is 61.5 Å². The first-order valence-electron chi connectivity index (χ1n) is 7.25. The van der Waals surface area contributed by atoms with Gasteiger partial charge in [-0.1, -0.05) is 0 Å². The Morgan fingerprint density at radius 2 is 2.05 bits per heavy atom. The summed E-state index contributed by atoms with van der Waals surface area (Å²) in [7, 11) is 0.140. The first kappa shape index (κ1) is 16.4. The van der Waals surface area contributed by atoms with Crippen molar-refractivity contribution in [2.45, 2.75) is 31.3 Å². The first-order valence-corrected chi connectivity index (χ1v) is 8.69. The Kier molecular flexibility index (Phi) is 5.03. The summed E-state index contributed by atoms with van der Waals surface area (Å²) in [6.45, 7) is 4.53. The Labute approximate surface area is 126 Å². The van der Waals surface area contributed by atoms with Crippen molar-refractivity contribution in [2.24, 2.45) is 11.7 Å². The van der Waals surface area contributed by atoms with Crippen LogP contribution < -0.4 is 5.73 Å². The summed E-state index contributed by atoms with van der Waals surface area (Å²) in [6, 6.07) is 0. The number of aryl methyl sites for hydroxylation is 1. The molecule has 0 radical (unpaired) electrons. The number of hydrogen-bond acceptors (Lipinski definition) is 5. The fourth-order valence-corrected chi connectivity index (χ4v) is 4.15. The molecule has 1 aromatic rings. The fraction of sp³-hybridized carbons (Fsp3) is 0.769. The molecule has 21 heavy (non-hydrogen) atoms. The standard InChI is InChI=1S/C13H25N5O2S/c1-10-12(8-14)13(16-15-10)21(19,20)18(3)9-11-4-6-17(2)7-5-11/h11H,4-9,14H2,1-3H3,(H,15,16). The van der Waals surface area contributed by atoms with E-state index in [0.29, 0.717) is 23.7 Å². The van der Waals surface area contributed by atoms with E-state index < -0.39 is 10.0 Å². The lowest BCUT2D eigenvalue weighted by atomic mass is 9.97. The minimum absolute atomic E-state index is 0.0675. The monoisotopic (exact) mass is 315 g/mol. The predicted molar refractivity (Wildman–Crippen MR) is 81.3 cm³/mol. The van der Waals surface area contributed by atoms with Gasteiger partial charge in [0.05, 0.1) is 0 Å². The van der Waals surface area contributed by atoms with Crippen molar-refractivity contribution >= 4 is 10.0 Å². The van der Waals surface area contributed by atoms with Crippen molar-refractivity contribution in [3.8, 4) is 0 Å². The second kappa shape index (κ2) is 6.43. The molecule has 1 aromatic heterocycles. The largest absolute Gasteiger partial charge is 0.326 e. The zero-order chi connectivity index (χ0) is 15.6. The van der Waals surface area contributed by atoms with Crippen LogP contribution in [0.2, 0.25) is 0 Å². The van der Waals surface area contributed by atoms with Crippen molar-refractivity contribution < 1.29 is 8.42 Å². The Bertz CT molecular complexity index is 575. The van der Waals surface area contributed by atoms with Gasteiger partial charge in [-0.25, -0.2) is 8.42 Å². The molecule has 2 heterocycles. The lowest BCUT2D eigenvalue weighted by Gasteiger charge is -2.31. The number of hydrogen-bond donors (Lipinski definition) is 2. The molecule has 0 aliphatic carbocycles. The van der Waals surface area contributed by atoms with Gasteiger partial charge in [-0.15, -0.1) is 0 Å². The zero-order valence-corrected chi connectivity index (χ0v) is 13.8. The van der Waals surface area contributed by atoms with Gasteiger partial charge >= 0.3 is 0 Å². The van der Waals surface area contributed by atoms with Gasteiger partial charge in [0.15, 0.2) is 5.03 Å². The fourth-order valence-electron chi connectivity index (χ4n) is 2.74. The van der Waals surface area contributed by atoms with Crippen molar-refractivity contribution in [3.05, 3.63) is 11.3 Å². The Morgan fingerprint density at radius 1 is 1.43 bits per heavy atom. The van der Waals surface area contributed by atoms with E-state index in [2.05, 4.69) is 22.1 Å². The summed E-state index contributed by atoms with van der Waals surface area (Å²) in [4.78, 5) is 2.27. The van der Waals surface area contributed by atoms with E-state index >= 15 is 0 Å². The molecule has 0 saturated carbocycles. The van der Waals surface area contributed by atoms with Crippen LogP contribution in [0.4, 0.5) is 0 Å². The normalized spacial score (nSPS) is 18.5. The Balaban J connectivity index is 2.11. The summed E-state index contributed by atoms with van der Waals surface area (Å²) in [5.74, 6) is 0.405. The number of likely N-dealkylation sites (tertiary alicyclic amines) is 1. The van der Waals surface area contributed by atoms with E-state index in [1.54, 1.807) is 14.0 Å². The molecule has 3 N–H and O–H groups in total. The maximum atomic E-state index is 12.6. The van der Waals surface area contributed by atoms with Gasteiger partial charge in [0.2, 0.25) is 0 Å². The Morgan fingerprint density at radius 3 is 2.62 bits per heavy atom. The molecule has 1 fully saturated rings. The minimum atomic E-state index is -3.58. The smallest absolute Gasteiger partial charge is 0.262 e. The van der Waals surface area contributed by atoms with Crippen LogP contribution in [0.25, 0.3) is 0 Å². The van der Waals surface area contributed by atoms with Crippen molar-refractivity contribution in [3.63, 3.8) is 0 Å². The second-order valence-electron chi connectivity index (χ2n) is 5.87. The molecular formula is C13H25N5O2S. The summed E-state index contributed by atoms with van der Waals surface area (Å²) in [5.41, 5.74) is 6.93. The molecule has 1 aliphatic heterocycles. The topological polar surface area (TPSA) is 95.3 Å². The predicted octanol–water partition coefficient (Wildman–Crippen LogP) is 0.139. The number of aromatic nitrogens is 2. The Hall–Kier alpha value is -0.960. The SMILES string of the molecule is Cc1[nH]nc(S(=O)(=O)N(C)CC2CCN(C)CC2)c1CN. The highest BCUT2D eigenvalue weighted by Gasteiger charge is 2.30. The van der Waals surface area contributed by atoms with Crippen molar-refractivity contribution in [1.82, 2.24) is 19.4 Å². The maximum Gasteiger partial charge on any atom is 0.262 e. The molecule has 8 heteroatoms. The first-order chi connectivity index (χ1) is 9.86. The molecule has 7 nitrogen and oxygen atoms in total. The van der Waals surface area contributed by atoms with Gasteiger partial charge in [0, 0.05) is 31.4 Å². The number of piperidine rings is 1. The number of nitrogens with zero attached hydrogens (tertiary/aromatic N) is 3. The van der Waals surface area contributed by atoms with E-state index in [-0.39, 0.29) is 11.6 Å². The van der Waals surface area contributed by atoms with Crippen molar-refractivity contribution in [2.75, 3.05) is 33.7 Å². The van der Waals surface area contributed by atoms with Crippen LogP contribution in [-0.2, 0) is 16.6 Å². The van der Waals surface area contributed by atoms with Crippen LogP contribution in [0.1, 0.15) is 24.1 Å². The lowest BCUT2D eigenvalue weighted by Crippen LogP contribution is -2.38. The van der Waals surface area contributed by atoms with E-state index in [9.17, 15) is 8.42 Å². The highest BCUT2D eigenvalue weighted by atomic mass is 32.2. The summed E-state index contributed by atoms with van der Waals surface area (Å²) >= 11 is 0.